The van der Waals surface area contributed by atoms with E-state index in [-0.39, 0.29) is 0 Å². The van der Waals surface area contributed by atoms with E-state index in [0.29, 0.717) is 17.1 Å². The fourth-order valence-corrected chi connectivity index (χ4v) is 2.08. The molecule has 0 radical (unpaired) electrons. The Morgan fingerprint density at radius 1 is 1.44 bits per heavy atom. The zero-order chi connectivity index (χ0) is 11.5. The van der Waals surface area contributed by atoms with Crippen LogP contribution in [-0.4, -0.2) is 22.8 Å². The summed E-state index contributed by atoms with van der Waals surface area (Å²) in [4.78, 5) is 15.2. The van der Waals surface area contributed by atoms with Crippen LogP contribution >= 0.6 is 11.5 Å². The van der Waals surface area contributed by atoms with Gasteiger partial charge in [-0.05, 0) is 36.7 Å². The molecule has 0 N–H and O–H groups in total. The smallest absolute Gasteiger partial charge is 0.150 e. The first kappa shape index (κ1) is 10.8. The van der Waals surface area contributed by atoms with Crippen LogP contribution in [0, 0.1) is 6.92 Å². The molecular weight excluding hydrogens is 224 g/mol. The predicted molar refractivity (Wildman–Crippen MR) is 62.0 cm³/mol. The van der Waals surface area contributed by atoms with Crippen LogP contribution in [0.25, 0.3) is 10.6 Å². The van der Waals surface area contributed by atoms with E-state index in [4.69, 9.17) is 4.74 Å². The Hall–Kier alpha value is -1.75. The average molecular weight is 234 g/mol. The zero-order valence-corrected chi connectivity index (χ0v) is 9.75. The summed E-state index contributed by atoms with van der Waals surface area (Å²) in [5.74, 6) is 1.37. The Labute approximate surface area is 97.1 Å². The van der Waals surface area contributed by atoms with Crippen molar-refractivity contribution in [3.8, 4) is 16.3 Å². The van der Waals surface area contributed by atoms with Crippen molar-refractivity contribution in [1.29, 1.82) is 0 Å². The zero-order valence-electron chi connectivity index (χ0n) is 8.93. The van der Waals surface area contributed by atoms with Crippen molar-refractivity contribution < 1.29 is 9.53 Å². The molecule has 0 spiro atoms. The van der Waals surface area contributed by atoms with Crippen LogP contribution in [-0.2, 0) is 0 Å². The number of rotatable bonds is 3. The van der Waals surface area contributed by atoms with E-state index in [9.17, 15) is 4.79 Å². The SMILES string of the molecule is COc1ccc(-c2nc(C)ns2)c(C=O)c1. The third-order valence-corrected chi connectivity index (χ3v) is 2.98. The van der Waals surface area contributed by atoms with Crippen molar-refractivity contribution in [1.82, 2.24) is 9.36 Å². The van der Waals surface area contributed by atoms with E-state index in [0.717, 1.165) is 16.9 Å². The molecule has 0 atom stereocenters. The Morgan fingerprint density at radius 2 is 2.25 bits per heavy atom. The topological polar surface area (TPSA) is 52.1 Å². The molecule has 5 heteroatoms. The Balaban J connectivity index is 2.52. The van der Waals surface area contributed by atoms with Gasteiger partial charge in [-0.2, -0.15) is 4.37 Å². The number of aromatic nitrogens is 2. The minimum Gasteiger partial charge on any atom is -0.497 e. The van der Waals surface area contributed by atoms with Crippen LogP contribution in [0.3, 0.4) is 0 Å². The minimum absolute atomic E-state index is 0.565. The van der Waals surface area contributed by atoms with E-state index < -0.39 is 0 Å². The highest BCUT2D eigenvalue weighted by atomic mass is 32.1. The lowest BCUT2D eigenvalue weighted by Gasteiger charge is -2.03. The predicted octanol–water partition coefficient (Wildman–Crippen LogP) is 2.33. The molecule has 0 fully saturated rings. The molecule has 82 valence electrons. The first-order chi connectivity index (χ1) is 7.74. The summed E-state index contributed by atoms with van der Waals surface area (Å²) in [5, 5.41) is 0.752. The van der Waals surface area contributed by atoms with Gasteiger partial charge in [0, 0.05) is 11.1 Å². The number of hydrogen-bond donors (Lipinski definition) is 0. The number of methoxy groups -OCH3 is 1. The monoisotopic (exact) mass is 234 g/mol. The maximum Gasteiger partial charge on any atom is 0.150 e. The number of aryl methyl sites for hydroxylation is 1. The molecule has 0 saturated heterocycles. The van der Waals surface area contributed by atoms with Gasteiger partial charge in [-0.25, -0.2) is 4.98 Å². The summed E-state index contributed by atoms with van der Waals surface area (Å²) in [6.07, 6.45) is 0.800. The lowest BCUT2D eigenvalue weighted by Crippen LogP contribution is -1.90. The van der Waals surface area contributed by atoms with Gasteiger partial charge in [0.2, 0.25) is 0 Å². The van der Waals surface area contributed by atoms with Gasteiger partial charge in [0.1, 0.15) is 16.6 Å². The molecule has 0 aliphatic heterocycles. The third kappa shape index (κ3) is 1.94. The summed E-state index contributed by atoms with van der Waals surface area (Å²) in [5.41, 5.74) is 1.36. The molecule has 1 heterocycles. The van der Waals surface area contributed by atoms with E-state index in [1.165, 1.54) is 11.5 Å². The lowest BCUT2D eigenvalue weighted by molar-refractivity contribution is 0.112. The van der Waals surface area contributed by atoms with E-state index >= 15 is 0 Å². The number of carbonyl (C=O) groups is 1. The van der Waals surface area contributed by atoms with Gasteiger partial charge in [0.05, 0.1) is 7.11 Å². The van der Waals surface area contributed by atoms with Crippen molar-refractivity contribution >= 4 is 17.8 Å². The van der Waals surface area contributed by atoms with Gasteiger partial charge in [0.15, 0.2) is 6.29 Å². The highest BCUT2D eigenvalue weighted by Crippen LogP contribution is 2.27. The number of hydrogen-bond acceptors (Lipinski definition) is 5. The van der Waals surface area contributed by atoms with Gasteiger partial charge in [0.25, 0.3) is 0 Å². The first-order valence-electron chi connectivity index (χ1n) is 4.68. The quantitative estimate of drug-likeness (QED) is 0.765. The summed E-state index contributed by atoms with van der Waals surface area (Å²) >= 11 is 1.28. The number of ether oxygens (including phenoxy) is 1. The highest BCUT2D eigenvalue weighted by Gasteiger charge is 2.10. The molecule has 1 aromatic heterocycles. The molecule has 16 heavy (non-hydrogen) atoms. The van der Waals surface area contributed by atoms with Gasteiger partial charge in [-0.15, -0.1) is 0 Å². The van der Waals surface area contributed by atoms with Crippen LogP contribution in [0.4, 0.5) is 0 Å². The Kier molecular flexibility index (Phi) is 2.96. The molecule has 4 nitrogen and oxygen atoms in total. The molecule has 0 saturated carbocycles. The Morgan fingerprint density at radius 3 is 2.81 bits per heavy atom. The minimum atomic E-state index is 0.565. The van der Waals surface area contributed by atoms with Crippen LogP contribution in [0.1, 0.15) is 16.2 Å². The fraction of sp³-hybridized carbons (Fsp3) is 0.182. The van der Waals surface area contributed by atoms with Crippen LogP contribution in [0.2, 0.25) is 0 Å². The molecule has 1 aromatic carbocycles. The summed E-state index contributed by atoms with van der Waals surface area (Å²) < 4.78 is 9.16. The van der Waals surface area contributed by atoms with Crippen molar-refractivity contribution in [2.24, 2.45) is 0 Å². The number of carbonyl (C=O) groups excluding carboxylic acids is 1. The van der Waals surface area contributed by atoms with Crippen LogP contribution < -0.4 is 4.74 Å². The molecule has 0 bridgehead atoms. The summed E-state index contributed by atoms with van der Waals surface area (Å²) in [7, 11) is 1.57. The van der Waals surface area contributed by atoms with Gasteiger partial charge in [-0.3, -0.25) is 4.79 Å². The van der Waals surface area contributed by atoms with Crippen molar-refractivity contribution in [2.75, 3.05) is 7.11 Å². The van der Waals surface area contributed by atoms with Crippen molar-refractivity contribution in [3.63, 3.8) is 0 Å². The average Bonchev–Trinajstić information content (AvgIpc) is 2.74. The van der Waals surface area contributed by atoms with Gasteiger partial charge in [-0.1, -0.05) is 0 Å². The van der Waals surface area contributed by atoms with E-state index in [1.807, 2.05) is 13.0 Å². The number of aldehydes is 1. The highest BCUT2D eigenvalue weighted by molar-refractivity contribution is 7.09. The largest absolute Gasteiger partial charge is 0.497 e. The van der Waals surface area contributed by atoms with Crippen molar-refractivity contribution in [2.45, 2.75) is 6.92 Å². The van der Waals surface area contributed by atoms with E-state index in [1.54, 1.807) is 19.2 Å². The normalized spacial score (nSPS) is 10.1. The summed E-state index contributed by atoms with van der Waals surface area (Å²) in [6.45, 7) is 1.82. The number of benzene rings is 1. The second-order valence-electron chi connectivity index (χ2n) is 3.22. The Bertz CT molecular complexity index is 522. The molecule has 2 rings (SSSR count). The maximum absolute atomic E-state index is 11.0. The second-order valence-corrected chi connectivity index (χ2v) is 3.97. The maximum atomic E-state index is 11.0. The lowest BCUT2D eigenvalue weighted by atomic mass is 10.1. The van der Waals surface area contributed by atoms with Crippen LogP contribution in [0.5, 0.6) is 5.75 Å². The third-order valence-electron chi connectivity index (χ3n) is 2.14. The van der Waals surface area contributed by atoms with E-state index in [2.05, 4.69) is 9.36 Å². The molecule has 2 aromatic rings. The molecule has 0 unspecified atom stereocenters. The molecule has 0 aliphatic rings. The second kappa shape index (κ2) is 4.40. The molecule has 0 aliphatic carbocycles. The number of nitrogens with zero attached hydrogens (tertiary/aromatic N) is 2. The van der Waals surface area contributed by atoms with Crippen LogP contribution in [0.15, 0.2) is 18.2 Å². The first-order valence-corrected chi connectivity index (χ1v) is 5.46. The standard InChI is InChI=1S/C11H10N2O2S/c1-7-12-11(16-13-7)10-4-3-9(15-2)5-8(10)6-14/h3-6H,1-2H3. The summed E-state index contributed by atoms with van der Waals surface area (Å²) in [6, 6.07) is 5.32. The molecular formula is C11H10N2O2S. The van der Waals surface area contributed by atoms with Crippen molar-refractivity contribution in [3.05, 3.63) is 29.6 Å². The fourth-order valence-electron chi connectivity index (χ4n) is 1.37. The van der Waals surface area contributed by atoms with Gasteiger partial charge >= 0.3 is 0 Å². The molecule has 0 amide bonds. The van der Waals surface area contributed by atoms with Gasteiger partial charge < -0.3 is 4.74 Å².